The molecule has 4 rings (SSSR count). The number of nitrogens with zero attached hydrogens (tertiary/aromatic N) is 1. The summed E-state index contributed by atoms with van der Waals surface area (Å²) in [6.45, 7) is 10.6. The number of aromatic nitrogens is 1. The summed E-state index contributed by atoms with van der Waals surface area (Å²) in [6.07, 6.45) is 2.50. The van der Waals surface area contributed by atoms with Gasteiger partial charge in [0.05, 0.1) is 11.6 Å². The summed E-state index contributed by atoms with van der Waals surface area (Å²) in [4.78, 5) is 17.2. The Kier molecular flexibility index (Phi) is 4.87. The average molecular weight is 396 g/mol. The van der Waals surface area contributed by atoms with Crippen LogP contribution in [-0.4, -0.2) is 46.6 Å². The number of H-pyrrole nitrogens is 1. The predicted molar refractivity (Wildman–Crippen MR) is 116 cm³/mol. The van der Waals surface area contributed by atoms with Crippen LogP contribution in [0.5, 0.6) is 0 Å². The van der Waals surface area contributed by atoms with E-state index in [2.05, 4.69) is 62.1 Å². The number of aromatic carboxylic acids is 1. The van der Waals surface area contributed by atoms with Gasteiger partial charge in [-0.15, -0.1) is 0 Å². The van der Waals surface area contributed by atoms with Crippen molar-refractivity contribution in [3.8, 4) is 11.3 Å². The molecule has 1 saturated heterocycles. The molecule has 1 aromatic heterocycles. The van der Waals surface area contributed by atoms with Gasteiger partial charge < -0.3 is 15.4 Å². The molecular weight excluding hydrogens is 362 g/mol. The zero-order valence-corrected chi connectivity index (χ0v) is 18.1. The molecule has 0 bridgehead atoms. The minimum absolute atomic E-state index is 0.251. The van der Waals surface area contributed by atoms with Crippen LogP contribution in [0.15, 0.2) is 36.4 Å². The van der Waals surface area contributed by atoms with Gasteiger partial charge in [-0.25, -0.2) is 4.79 Å². The molecule has 2 fully saturated rings. The number of benzene rings is 1. The number of hydrogen-bond acceptors (Lipinski definition) is 3. The quantitative estimate of drug-likeness (QED) is 0.714. The van der Waals surface area contributed by atoms with E-state index in [-0.39, 0.29) is 11.5 Å². The van der Waals surface area contributed by atoms with Crippen LogP contribution in [0.1, 0.15) is 62.6 Å². The van der Waals surface area contributed by atoms with Crippen molar-refractivity contribution in [2.75, 3.05) is 13.6 Å². The number of piperazine rings is 1. The molecule has 3 N–H and O–H groups in total. The lowest BCUT2D eigenvalue weighted by atomic mass is 9.59. The number of carbonyl (C=O) groups is 1. The van der Waals surface area contributed by atoms with Gasteiger partial charge in [-0.05, 0) is 60.5 Å². The molecular formula is C24H33N3O2. The van der Waals surface area contributed by atoms with Gasteiger partial charge in [-0.2, -0.15) is 0 Å². The Morgan fingerprint density at radius 3 is 2.34 bits per heavy atom. The summed E-state index contributed by atoms with van der Waals surface area (Å²) in [7, 11) is 2.27. The Morgan fingerprint density at radius 2 is 1.69 bits per heavy atom. The van der Waals surface area contributed by atoms with E-state index >= 15 is 0 Å². The molecule has 1 aliphatic carbocycles. The first-order chi connectivity index (χ1) is 13.6. The molecule has 1 aliphatic heterocycles. The zero-order valence-electron chi connectivity index (χ0n) is 18.1. The van der Waals surface area contributed by atoms with Crippen molar-refractivity contribution in [1.29, 1.82) is 0 Å². The van der Waals surface area contributed by atoms with Gasteiger partial charge in [0, 0.05) is 30.0 Å². The molecule has 0 spiro atoms. The molecule has 0 amide bonds. The third-order valence-corrected chi connectivity index (χ3v) is 7.23. The highest BCUT2D eigenvalue weighted by Gasteiger charge is 2.52. The smallest absolute Gasteiger partial charge is 0.335 e. The highest BCUT2D eigenvalue weighted by atomic mass is 16.4. The second-order valence-electron chi connectivity index (χ2n) is 10.3. The Hall–Kier alpha value is -2.11. The van der Waals surface area contributed by atoms with Crippen molar-refractivity contribution in [1.82, 2.24) is 15.2 Å². The van der Waals surface area contributed by atoms with Gasteiger partial charge in [0.2, 0.25) is 0 Å². The molecule has 5 nitrogen and oxygen atoms in total. The SMILES string of the molecule is CN1CC(c2ccc(-c3ccc(C(=O)O)cc3)[nH]2)NC2C1C(C)(C)CCC2(C)C. The number of carboxylic acid groups (broad SMARTS) is 1. The van der Waals surface area contributed by atoms with Gasteiger partial charge in [-0.1, -0.05) is 39.8 Å². The van der Waals surface area contributed by atoms with Crippen LogP contribution in [-0.2, 0) is 0 Å². The lowest BCUT2D eigenvalue weighted by Gasteiger charge is -2.59. The van der Waals surface area contributed by atoms with Crippen molar-refractivity contribution >= 4 is 5.97 Å². The zero-order chi connectivity index (χ0) is 21.0. The lowest BCUT2D eigenvalue weighted by molar-refractivity contribution is -0.0570. The number of rotatable bonds is 3. The standard InChI is InChI=1S/C24H33N3O2/c1-23(2)12-13-24(3,4)21-20(23)26-19(14-27(21)5)18-11-10-17(25-18)15-6-8-16(9-7-15)22(28)29/h6-11,19-21,25-26H,12-14H2,1-5H3,(H,28,29). The topological polar surface area (TPSA) is 68.4 Å². The highest BCUT2D eigenvalue weighted by Crippen LogP contribution is 2.49. The molecule has 2 aliphatic rings. The van der Waals surface area contributed by atoms with Crippen LogP contribution in [0.2, 0.25) is 0 Å². The van der Waals surface area contributed by atoms with E-state index in [4.69, 9.17) is 5.11 Å². The fraction of sp³-hybridized carbons (Fsp3) is 0.542. The Bertz CT molecular complexity index is 897. The van der Waals surface area contributed by atoms with Gasteiger partial charge >= 0.3 is 5.97 Å². The van der Waals surface area contributed by atoms with Crippen LogP contribution in [0, 0.1) is 10.8 Å². The molecule has 1 saturated carbocycles. The fourth-order valence-electron chi connectivity index (χ4n) is 5.43. The maximum atomic E-state index is 11.1. The number of hydrogen-bond donors (Lipinski definition) is 3. The molecule has 2 heterocycles. The molecule has 2 aromatic rings. The number of aromatic amines is 1. The van der Waals surface area contributed by atoms with Crippen molar-refractivity contribution in [3.63, 3.8) is 0 Å². The van der Waals surface area contributed by atoms with Crippen molar-refractivity contribution in [2.45, 2.75) is 58.7 Å². The van der Waals surface area contributed by atoms with Crippen LogP contribution in [0.4, 0.5) is 0 Å². The second kappa shape index (κ2) is 6.99. The van der Waals surface area contributed by atoms with Crippen molar-refractivity contribution in [3.05, 3.63) is 47.7 Å². The lowest BCUT2D eigenvalue weighted by Crippen LogP contribution is -2.69. The molecule has 3 atom stereocenters. The van der Waals surface area contributed by atoms with Gasteiger partial charge in [0.25, 0.3) is 0 Å². The summed E-state index contributed by atoms with van der Waals surface area (Å²) >= 11 is 0. The molecule has 5 heteroatoms. The summed E-state index contributed by atoms with van der Waals surface area (Å²) in [5, 5.41) is 13.1. The minimum Gasteiger partial charge on any atom is -0.478 e. The maximum absolute atomic E-state index is 11.1. The van der Waals surface area contributed by atoms with Crippen LogP contribution in [0.3, 0.4) is 0 Å². The van der Waals surface area contributed by atoms with Crippen LogP contribution in [0.25, 0.3) is 11.3 Å². The normalized spacial score (nSPS) is 28.7. The average Bonchev–Trinajstić information content (AvgIpc) is 3.15. The fourth-order valence-corrected chi connectivity index (χ4v) is 5.43. The Balaban J connectivity index is 1.58. The third-order valence-electron chi connectivity index (χ3n) is 7.23. The summed E-state index contributed by atoms with van der Waals surface area (Å²) in [6, 6.07) is 12.5. The van der Waals surface area contributed by atoms with Crippen molar-refractivity contribution < 1.29 is 9.90 Å². The van der Waals surface area contributed by atoms with E-state index in [9.17, 15) is 4.79 Å². The molecule has 156 valence electrons. The monoisotopic (exact) mass is 395 g/mol. The first kappa shape index (κ1) is 20.2. The molecule has 29 heavy (non-hydrogen) atoms. The van der Waals surface area contributed by atoms with E-state index in [0.717, 1.165) is 17.8 Å². The highest BCUT2D eigenvalue weighted by molar-refractivity contribution is 5.88. The van der Waals surface area contributed by atoms with E-state index in [1.807, 2.05) is 12.1 Å². The van der Waals surface area contributed by atoms with Gasteiger partial charge in [0.1, 0.15) is 0 Å². The van der Waals surface area contributed by atoms with E-state index in [1.165, 1.54) is 18.5 Å². The van der Waals surface area contributed by atoms with Crippen LogP contribution >= 0.6 is 0 Å². The summed E-state index contributed by atoms with van der Waals surface area (Å²) in [5.41, 5.74) is 4.08. The number of fused-ring (bicyclic) bond motifs is 1. The second-order valence-corrected chi connectivity index (χ2v) is 10.3. The van der Waals surface area contributed by atoms with E-state index in [0.29, 0.717) is 23.1 Å². The molecule has 3 unspecified atom stereocenters. The molecule has 1 aromatic carbocycles. The van der Waals surface area contributed by atoms with E-state index < -0.39 is 5.97 Å². The first-order valence-corrected chi connectivity index (χ1v) is 10.6. The largest absolute Gasteiger partial charge is 0.478 e. The Morgan fingerprint density at radius 1 is 1.03 bits per heavy atom. The number of likely N-dealkylation sites (N-methyl/N-ethyl adjacent to an activating group) is 1. The van der Waals surface area contributed by atoms with Crippen LogP contribution < -0.4 is 5.32 Å². The van der Waals surface area contributed by atoms with Gasteiger partial charge in [-0.3, -0.25) is 4.90 Å². The number of nitrogens with one attached hydrogen (secondary N) is 2. The molecule has 0 radical (unpaired) electrons. The van der Waals surface area contributed by atoms with Gasteiger partial charge in [0.15, 0.2) is 0 Å². The maximum Gasteiger partial charge on any atom is 0.335 e. The summed E-state index contributed by atoms with van der Waals surface area (Å²) in [5.74, 6) is -0.897. The third kappa shape index (κ3) is 3.62. The number of carboxylic acids is 1. The van der Waals surface area contributed by atoms with Crippen molar-refractivity contribution in [2.24, 2.45) is 10.8 Å². The van der Waals surface area contributed by atoms with E-state index in [1.54, 1.807) is 12.1 Å². The summed E-state index contributed by atoms with van der Waals surface area (Å²) < 4.78 is 0. The first-order valence-electron chi connectivity index (χ1n) is 10.6. The minimum atomic E-state index is -0.897. The predicted octanol–water partition coefficient (Wildman–Crippen LogP) is 4.54. The Labute approximate surface area is 173 Å².